The Morgan fingerprint density at radius 1 is 1.37 bits per heavy atom. The molecule has 1 saturated carbocycles. The third-order valence-corrected chi connectivity index (χ3v) is 3.40. The van der Waals surface area contributed by atoms with Gasteiger partial charge in [0.05, 0.1) is 0 Å². The predicted octanol–water partition coefficient (Wildman–Crippen LogP) is 1.89. The lowest BCUT2D eigenvalue weighted by molar-refractivity contribution is 0.0958. The number of carbonyl (C=O) groups is 1. The second-order valence-electron chi connectivity index (χ2n) is 4.99. The first-order valence-electron chi connectivity index (χ1n) is 6.70. The quantitative estimate of drug-likeness (QED) is 0.707. The zero-order valence-corrected chi connectivity index (χ0v) is 11.1. The van der Waals surface area contributed by atoms with Gasteiger partial charge in [0.15, 0.2) is 0 Å². The van der Waals surface area contributed by atoms with Gasteiger partial charge in [-0.1, -0.05) is 6.08 Å². The van der Waals surface area contributed by atoms with Gasteiger partial charge in [0, 0.05) is 29.9 Å². The summed E-state index contributed by atoms with van der Waals surface area (Å²) in [4.78, 5) is 11.7. The van der Waals surface area contributed by atoms with Crippen LogP contribution in [-0.2, 0) is 0 Å². The second kappa shape index (κ2) is 6.38. The highest BCUT2D eigenvalue weighted by molar-refractivity contribution is 5.94. The van der Waals surface area contributed by atoms with Crippen LogP contribution in [0.1, 0.15) is 29.6 Å². The summed E-state index contributed by atoms with van der Waals surface area (Å²) in [7, 11) is 0. The normalized spacial score (nSPS) is 21.9. The third-order valence-electron chi connectivity index (χ3n) is 3.40. The minimum absolute atomic E-state index is 0.0747. The summed E-state index contributed by atoms with van der Waals surface area (Å²) >= 11 is 0. The standard InChI is InChI=1S/C15H21N3O/c1-2-9-17-15(19)11-3-6-13(7-4-11)18-14-8-5-12(16)10-14/h2-4,6-7,12,14,18H,1,5,8-10,16H2,(H,17,19). The average Bonchev–Trinajstić information content (AvgIpc) is 2.82. The Morgan fingerprint density at radius 2 is 2.11 bits per heavy atom. The number of nitrogens with two attached hydrogens (primary N) is 1. The lowest BCUT2D eigenvalue weighted by atomic mass is 10.1. The number of anilines is 1. The van der Waals surface area contributed by atoms with Gasteiger partial charge in [0.25, 0.3) is 5.91 Å². The fourth-order valence-corrected chi connectivity index (χ4v) is 2.37. The van der Waals surface area contributed by atoms with Gasteiger partial charge in [-0.05, 0) is 43.5 Å². The summed E-state index contributed by atoms with van der Waals surface area (Å²) in [6, 6.07) is 8.31. The zero-order valence-electron chi connectivity index (χ0n) is 11.1. The summed E-state index contributed by atoms with van der Waals surface area (Å²) in [5.74, 6) is -0.0747. The van der Waals surface area contributed by atoms with E-state index in [-0.39, 0.29) is 5.91 Å². The van der Waals surface area contributed by atoms with Crippen molar-refractivity contribution in [2.75, 3.05) is 11.9 Å². The number of amides is 1. The van der Waals surface area contributed by atoms with Crippen LogP contribution in [0.2, 0.25) is 0 Å². The van der Waals surface area contributed by atoms with Gasteiger partial charge in [0.2, 0.25) is 0 Å². The van der Waals surface area contributed by atoms with E-state index in [2.05, 4.69) is 17.2 Å². The maximum Gasteiger partial charge on any atom is 0.251 e. The van der Waals surface area contributed by atoms with Crippen LogP contribution in [0, 0.1) is 0 Å². The molecule has 2 rings (SSSR count). The highest BCUT2D eigenvalue weighted by Crippen LogP contribution is 2.21. The first-order valence-corrected chi connectivity index (χ1v) is 6.70. The van der Waals surface area contributed by atoms with E-state index < -0.39 is 0 Å². The molecule has 102 valence electrons. The van der Waals surface area contributed by atoms with Gasteiger partial charge in [-0.25, -0.2) is 0 Å². The molecule has 19 heavy (non-hydrogen) atoms. The van der Waals surface area contributed by atoms with Crippen LogP contribution in [0.15, 0.2) is 36.9 Å². The highest BCUT2D eigenvalue weighted by Gasteiger charge is 2.21. The van der Waals surface area contributed by atoms with Gasteiger partial charge in [-0.2, -0.15) is 0 Å². The van der Waals surface area contributed by atoms with E-state index in [9.17, 15) is 4.79 Å². The molecule has 0 aromatic heterocycles. The molecule has 1 fully saturated rings. The van der Waals surface area contributed by atoms with Crippen LogP contribution in [-0.4, -0.2) is 24.5 Å². The Kier molecular flexibility index (Phi) is 4.58. The van der Waals surface area contributed by atoms with Crippen molar-refractivity contribution in [1.82, 2.24) is 5.32 Å². The average molecular weight is 259 g/mol. The Bertz CT molecular complexity index is 441. The molecule has 0 radical (unpaired) electrons. The van der Waals surface area contributed by atoms with Crippen LogP contribution in [0.5, 0.6) is 0 Å². The number of hydrogen-bond acceptors (Lipinski definition) is 3. The first-order chi connectivity index (χ1) is 9.19. The van der Waals surface area contributed by atoms with Crippen molar-refractivity contribution in [2.45, 2.75) is 31.3 Å². The van der Waals surface area contributed by atoms with E-state index in [1.165, 1.54) is 0 Å². The molecule has 0 saturated heterocycles. The molecular formula is C15H21N3O. The molecule has 4 nitrogen and oxygen atoms in total. The fourth-order valence-electron chi connectivity index (χ4n) is 2.37. The summed E-state index contributed by atoms with van der Waals surface area (Å²) in [5, 5.41) is 6.21. The van der Waals surface area contributed by atoms with Crippen molar-refractivity contribution in [3.8, 4) is 0 Å². The van der Waals surface area contributed by atoms with E-state index in [1.807, 2.05) is 24.3 Å². The second-order valence-corrected chi connectivity index (χ2v) is 4.99. The monoisotopic (exact) mass is 259 g/mol. The highest BCUT2D eigenvalue weighted by atomic mass is 16.1. The van der Waals surface area contributed by atoms with Crippen molar-refractivity contribution in [1.29, 1.82) is 0 Å². The molecule has 4 heteroatoms. The number of rotatable bonds is 5. The molecule has 2 atom stereocenters. The zero-order chi connectivity index (χ0) is 13.7. The van der Waals surface area contributed by atoms with E-state index in [0.717, 1.165) is 24.9 Å². The third kappa shape index (κ3) is 3.83. The van der Waals surface area contributed by atoms with Crippen LogP contribution in [0.4, 0.5) is 5.69 Å². The van der Waals surface area contributed by atoms with Crippen molar-refractivity contribution >= 4 is 11.6 Å². The Morgan fingerprint density at radius 3 is 2.68 bits per heavy atom. The van der Waals surface area contributed by atoms with Crippen LogP contribution in [0.3, 0.4) is 0 Å². The minimum Gasteiger partial charge on any atom is -0.382 e. The molecule has 1 amide bonds. The van der Waals surface area contributed by atoms with Gasteiger partial charge in [0.1, 0.15) is 0 Å². The van der Waals surface area contributed by atoms with Crippen molar-refractivity contribution in [2.24, 2.45) is 5.73 Å². The molecule has 4 N–H and O–H groups in total. The predicted molar refractivity (Wildman–Crippen MR) is 78.2 cm³/mol. The van der Waals surface area contributed by atoms with E-state index in [1.54, 1.807) is 6.08 Å². The van der Waals surface area contributed by atoms with Crippen LogP contribution >= 0.6 is 0 Å². The molecule has 1 aromatic rings. The van der Waals surface area contributed by atoms with Gasteiger partial charge >= 0.3 is 0 Å². The van der Waals surface area contributed by atoms with E-state index >= 15 is 0 Å². The number of nitrogens with one attached hydrogen (secondary N) is 2. The van der Waals surface area contributed by atoms with Crippen LogP contribution in [0.25, 0.3) is 0 Å². The molecule has 0 aliphatic heterocycles. The summed E-state index contributed by atoms with van der Waals surface area (Å²) in [5.41, 5.74) is 7.59. The molecule has 0 spiro atoms. The molecule has 1 aromatic carbocycles. The number of hydrogen-bond donors (Lipinski definition) is 3. The minimum atomic E-state index is -0.0747. The maximum absolute atomic E-state index is 11.7. The smallest absolute Gasteiger partial charge is 0.251 e. The number of benzene rings is 1. The van der Waals surface area contributed by atoms with Crippen molar-refractivity contribution in [3.63, 3.8) is 0 Å². The maximum atomic E-state index is 11.7. The van der Waals surface area contributed by atoms with Crippen LogP contribution < -0.4 is 16.4 Å². The van der Waals surface area contributed by atoms with Crippen molar-refractivity contribution in [3.05, 3.63) is 42.5 Å². The van der Waals surface area contributed by atoms with Crippen molar-refractivity contribution < 1.29 is 4.79 Å². The lowest BCUT2D eigenvalue weighted by Crippen LogP contribution is -2.23. The summed E-state index contributed by atoms with van der Waals surface area (Å²) in [6.45, 7) is 4.05. The summed E-state index contributed by atoms with van der Waals surface area (Å²) in [6.07, 6.45) is 4.88. The Labute approximate surface area is 114 Å². The molecule has 0 bridgehead atoms. The number of carbonyl (C=O) groups excluding carboxylic acids is 1. The molecule has 1 aliphatic carbocycles. The van der Waals surface area contributed by atoms with E-state index in [0.29, 0.717) is 24.2 Å². The van der Waals surface area contributed by atoms with Gasteiger partial charge in [-0.3, -0.25) is 4.79 Å². The first kappa shape index (κ1) is 13.6. The van der Waals surface area contributed by atoms with E-state index in [4.69, 9.17) is 5.73 Å². The molecule has 1 aliphatic rings. The lowest BCUT2D eigenvalue weighted by Gasteiger charge is -2.14. The molecule has 0 heterocycles. The molecular weight excluding hydrogens is 238 g/mol. The molecule has 2 unspecified atom stereocenters. The van der Waals surface area contributed by atoms with Gasteiger partial charge < -0.3 is 16.4 Å². The fraction of sp³-hybridized carbons (Fsp3) is 0.400. The topological polar surface area (TPSA) is 67.2 Å². The summed E-state index contributed by atoms with van der Waals surface area (Å²) < 4.78 is 0. The SMILES string of the molecule is C=CCNC(=O)c1ccc(NC2CCC(N)C2)cc1. The Hall–Kier alpha value is -1.81. The van der Waals surface area contributed by atoms with Gasteiger partial charge in [-0.15, -0.1) is 6.58 Å². The largest absolute Gasteiger partial charge is 0.382 e. The Balaban J connectivity index is 1.90.